The summed E-state index contributed by atoms with van der Waals surface area (Å²) in [6.07, 6.45) is 0.731. The van der Waals surface area contributed by atoms with Crippen molar-refractivity contribution in [3.63, 3.8) is 0 Å². The van der Waals surface area contributed by atoms with Gasteiger partial charge >= 0.3 is 5.97 Å². The van der Waals surface area contributed by atoms with Crippen LogP contribution in [0.1, 0.15) is 48.0 Å². The van der Waals surface area contributed by atoms with Crippen LogP contribution >= 0.6 is 0 Å². The zero-order valence-corrected chi connectivity index (χ0v) is 12.2. The van der Waals surface area contributed by atoms with Crippen molar-refractivity contribution in [2.45, 2.75) is 54.0 Å². The largest absolute Gasteiger partial charge is 0.480 e. The van der Waals surface area contributed by atoms with Crippen molar-refractivity contribution >= 4 is 5.97 Å². The first-order chi connectivity index (χ1) is 7.73. The fraction of sp³-hybridized carbons (Fsp3) is 0.929. The Bertz CT molecular complexity index is 214. The highest BCUT2D eigenvalue weighted by atomic mass is 16.4. The first-order valence-electron chi connectivity index (χ1n) is 6.70. The van der Waals surface area contributed by atoms with Crippen molar-refractivity contribution in [3.05, 3.63) is 0 Å². The SMILES string of the molecule is CC(C)C[C@@H](C(=O)O)N(CC(C)C)CC(C)C. The van der Waals surface area contributed by atoms with E-state index in [4.69, 9.17) is 0 Å². The van der Waals surface area contributed by atoms with Crippen molar-refractivity contribution < 1.29 is 9.90 Å². The van der Waals surface area contributed by atoms with Gasteiger partial charge in [0.15, 0.2) is 0 Å². The molecule has 3 nitrogen and oxygen atoms in total. The molecule has 1 atom stereocenters. The summed E-state index contributed by atoms with van der Waals surface area (Å²) in [6, 6.07) is -0.334. The Balaban J connectivity index is 4.73. The van der Waals surface area contributed by atoms with E-state index in [0.717, 1.165) is 19.5 Å². The normalized spacial score (nSPS) is 14.0. The van der Waals surface area contributed by atoms with Crippen LogP contribution in [0.5, 0.6) is 0 Å². The van der Waals surface area contributed by atoms with Gasteiger partial charge in [-0.05, 0) is 24.2 Å². The molecule has 1 N–H and O–H groups in total. The molecule has 102 valence electrons. The van der Waals surface area contributed by atoms with Gasteiger partial charge in [-0.1, -0.05) is 41.5 Å². The highest BCUT2D eigenvalue weighted by molar-refractivity contribution is 5.73. The molecule has 0 aliphatic carbocycles. The van der Waals surface area contributed by atoms with E-state index in [1.54, 1.807) is 0 Å². The van der Waals surface area contributed by atoms with Crippen molar-refractivity contribution in [3.8, 4) is 0 Å². The second-order valence-corrected chi connectivity index (χ2v) is 6.23. The van der Waals surface area contributed by atoms with E-state index in [-0.39, 0.29) is 6.04 Å². The monoisotopic (exact) mass is 243 g/mol. The second kappa shape index (κ2) is 7.70. The number of carboxylic acids is 1. The Morgan fingerprint density at radius 3 is 1.59 bits per heavy atom. The fourth-order valence-electron chi connectivity index (χ4n) is 2.12. The van der Waals surface area contributed by atoms with Crippen LogP contribution in [0.3, 0.4) is 0 Å². The number of aliphatic carboxylic acids is 1. The lowest BCUT2D eigenvalue weighted by atomic mass is 10.00. The number of carbonyl (C=O) groups is 1. The third-order valence-electron chi connectivity index (χ3n) is 2.62. The van der Waals surface area contributed by atoms with E-state index in [2.05, 4.69) is 46.4 Å². The van der Waals surface area contributed by atoms with E-state index in [1.165, 1.54) is 0 Å². The van der Waals surface area contributed by atoms with Crippen LogP contribution in [0.4, 0.5) is 0 Å². The van der Waals surface area contributed by atoms with E-state index in [9.17, 15) is 9.90 Å². The van der Waals surface area contributed by atoms with Crippen LogP contribution in [-0.4, -0.2) is 35.1 Å². The molecule has 0 aliphatic rings. The van der Waals surface area contributed by atoms with Gasteiger partial charge in [0.2, 0.25) is 0 Å². The third-order valence-corrected chi connectivity index (χ3v) is 2.62. The van der Waals surface area contributed by atoms with Crippen LogP contribution < -0.4 is 0 Å². The zero-order chi connectivity index (χ0) is 13.6. The number of carboxylic acid groups (broad SMARTS) is 1. The summed E-state index contributed by atoms with van der Waals surface area (Å²) >= 11 is 0. The first kappa shape index (κ1) is 16.4. The quantitative estimate of drug-likeness (QED) is 0.712. The molecule has 3 heteroatoms. The van der Waals surface area contributed by atoms with Gasteiger partial charge in [0.1, 0.15) is 6.04 Å². The van der Waals surface area contributed by atoms with Gasteiger partial charge in [0, 0.05) is 13.1 Å². The molecule has 0 fully saturated rings. The molecule has 0 rings (SSSR count). The van der Waals surface area contributed by atoms with Crippen molar-refractivity contribution in [2.75, 3.05) is 13.1 Å². The van der Waals surface area contributed by atoms with Crippen LogP contribution in [-0.2, 0) is 4.79 Å². The van der Waals surface area contributed by atoms with Gasteiger partial charge in [0.25, 0.3) is 0 Å². The molecule has 17 heavy (non-hydrogen) atoms. The van der Waals surface area contributed by atoms with E-state index < -0.39 is 5.97 Å². The Morgan fingerprint density at radius 1 is 0.941 bits per heavy atom. The Morgan fingerprint density at radius 2 is 1.35 bits per heavy atom. The molecule has 0 aromatic rings. The van der Waals surface area contributed by atoms with Crippen molar-refractivity contribution in [2.24, 2.45) is 17.8 Å². The number of hydrogen-bond donors (Lipinski definition) is 1. The van der Waals surface area contributed by atoms with Crippen LogP contribution in [0.25, 0.3) is 0 Å². The summed E-state index contributed by atoms with van der Waals surface area (Å²) < 4.78 is 0. The summed E-state index contributed by atoms with van der Waals surface area (Å²) in [6.45, 7) is 14.5. The predicted octanol–water partition coefficient (Wildman–Crippen LogP) is 3.10. The van der Waals surface area contributed by atoms with Crippen LogP contribution in [0.15, 0.2) is 0 Å². The van der Waals surface area contributed by atoms with Gasteiger partial charge in [-0.25, -0.2) is 0 Å². The zero-order valence-electron chi connectivity index (χ0n) is 12.2. The van der Waals surface area contributed by atoms with Gasteiger partial charge in [-0.3, -0.25) is 9.69 Å². The molecular formula is C14H29NO2. The molecule has 0 aromatic carbocycles. The molecule has 0 aromatic heterocycles. The number of nitrogens with zero attached hydrogens (tertiary/aromatic N) is 1. The summed E-state index contributed by atoms with van der Waals surface area (Å²) in [5.41, 5.74) is 0. The summed E-state index contributed by atoms with van der Waals surface area (Å²) in [7, 11) is 0. The smallest absolute Gasteiger partial charge is 0.320 e. The van der Waals surface area contributed by atoms with Gasteiger partial charge in [-0.15, -0.1) is 0 Å². The summed E-state index contributed by atoms with van der Waals surface area (Å²) in [4.78, 5) is 13.5. The highest BCUT2D eigenvalue weighted by Crippen LogP contribution is 2.15. The van der Waals surface area contributed by atoms with Gasteiger partial charge in [0.05, 0.1) is 0 Å². The molecular weight excluding hydrogens is 214 g/mol. The molecule has 0 saturated heterocycles. The lowest BCUT2D eigenvalue weighted by Gasteiger charge is -2.32. The minimum atomic E-state index is -0.681. The van der Waals surface area contributed by atoms with Crippen LogP contribution in [0.2, 0.25) is 0 Å². The van der Waals surface area contributed by atoms with Crippen molar-refractivity contribution in [1.82, 2.24) is 4.90 Å². The van der Waals surface area contributed by atoms with E-state index >= 15 is 0 Å². The Kier molecular flexibility index (Phi) is 7.44. The lowest BCUT2D eigenvalue weighted by Crippen LogP contribution is -2.45. The summed E-state index contributed by atoms with van der Waals surface area (Å²) in [5.74, 6) is 0.739. The molecule has 0 unspecified atom stereocenters. The molecule has 0 spiro atoms. The molecule has 0 heterocycles. The maximum Gasteiger partial charge on any atom is 0.320 e. The average Bonchev–Trinajstić information content (AvgIpc) is 2.10. The minimum Gasteiger partial charge on any atom is -0.480 e. The van der Waals surface area contributed by atoms with Crippen LogP contribution in [0, 0.1) is 17.8 Å². The van der Waals surface area contributed by atoms with E-state index in [0.29, 0.717) is 17.8 Å². The third kappa shape index (κ3) is 7.37. The molecule has 0 bridgehead atoms. The predicted molar refractivity (Wildman–Crippen MR) is 72.1 cm³/mol. The maximum absolute atomic E-state index is 11.4. The average molecular weight is 243 g/mol. The maximum atomic E-state index is 11.4. The Labute approximate surface area is 106 Å². The standard InChI is InChI=1S/C14H29NO2/c1-10(2)7-13(14(16)17)15(8-11(3)4)9-12(5)6/h10-13H,7-9H2,1-6H3,(H,16,17)/t13-/m0/s1. The summed E-state index contributed by atoms with van der Waals surface area (Å²) in [5, 5.41) is 9.38. The molecule has 0 saturated carbocycles. The number of hydrogen-bond acceptors (Lipinski definition) is 2. The lowest BCUT2D eigenvalue weighted by molar-refractivity contribution is -0.144. The number of rotatable bonds is 8. The van der Waals surface area contributed by atoms with Gasteiger partial charge in [-0.2, -0.15) is 0 Å². The molecule has 0 radical (unpaired) electrons. The van der Waals surface area contributed by atoms with Crippen molar-refractivity contribution in [1.29, 1.82) is 0 Å². The Hall–Kier alpha value is -0.570. The molecule has 0 amide bonds. The second-order valence-electron chi connectivity index (χ2n) is 6.23. The fourth-order valence-corrected chi connectivity index (χ4v) is 2.12. The topological polar surface area (TPSA) is 40.5 Å². The first-order valence-corrected chi connectivity index (χ1v) is 6.70. The minimum absolute atomic E-state index is 0.334. The van der Waals surface area contributed by atoms with E-state index in [1.807, 2.05) is 0 Å². The van der Waals surface area contributed by atoms with Gasteiger partial charge < -0.3 is 5.11 Å². The molecule has 0 aliphatic heterocycles. The highest BCUT2D eigenvalue weighted by Gasteiger charge is 2.27.